The maximum Gasteiger partial charge on any atom is 0.0303 e. The molecule has 0 amide bonds. The van der Waals surface area contributed by atoms with Gasteiger partial charge in [-0.2, -0.15) is 0 Å². The van der Waals surface area contributed by atoms with Gasteiger partial charge >= 0.3 is 0 Å². The summed E-state index contributed by atoms with van der Waals surface area (Å²) in [5, 5.41) is 3.68. The van der Waals surface area contributed by atoms with Crippen molar-refractivity contribution in [3.63, 3.8) is 0 Å². The lowest BCUT2D eigenvalue weighted by Crippen LogP contribution is -2.27. The van der Waals surface area contributed by atoms with Crippen LogP contribution in [0.2, 0.25) is 0 Å². The summed E-state index contributed by atoms with van der Waals surface area (Å²) in [7, 11) is 0. The van der Waals surface area contributed by atoms with E-state index in [2.05, 4.69) is 59.4 Å². The first-order valence-electron chi connectivity index (χ1n) is 6.66. The van der Waals surface area contributed by atoms with Crippen LogP contribution in [0.1, 0.15) is 44.7 Å². The first kappa shape index (κ1) is 13.1. The molecule has 2 heteroatoms. The van der Waals surface area contributed by atoms with E-state index in [-0.39, 0.29) is 0 Å². The van der Waals surface area contributed by atoms with Gasteiger partial charge < -0.3 is 5.32 Å². The predicted molar refractivity (Wildman–Crippen MR) is 77.1 cm³/mol. The van der Waals surface area contributed by atoms with Crippen molar-refractivity contribution in [2.45, 2.75) is 39.2 Å². The minimum atomic E-state index is 0.429. The van der Waals surface area contributed by atoms with Gasteiger partial charge in [0.05, 0.1) is 0 Å². The lowest BCUT2D eigenvalue weighted by Gasteiger charge is -2.21. The lowest BCUT2D eigenvalue weighted by molar-refractivity contribution is 0.374. The fourth-order valence-electron chi connectivity index (χ4n) is 2.79. The zero-order chi connectivity index (χ0) is 12.3. The van der Waals surface area contributed by atoms with Crippen molar-refractivity contribution in [3.8, 4) is 0 Å². The molecule has 0 saturated heterocycles. The second-order valence-electron chi connectivity index (χ2n) is 5.32. The normalized spacial score (nSPS) is 26.1. The summed E-state index contributed by atoms with van der Waals surface area (Å²) in [5.74, 6) is 1.77. The summed E-state index contributed by atoms with van der Waals surface area (Å²) in [6, 6.07) is 8.92. The van der Waals surface area contributed by atoms with Crippen LogP contribution < -0.4 is 5.32 Å². The smallest absolute Gasteiger partial charge is 0.0303 e. The van der Waals surface area contributed by atoms with Crippen molar-refractivity contribution in [1.29, 1.82) is 0 Å². The van der Waals surface area contributed by atoms with Crippen LogP contribution in [0.25, 0.3) is 0 Å². The highest BCUT2D eigenvalue weighted by Gasteiger charge is 2.23. The Labute approximate surface area is 113 Å². The second-order valence-corrected chi connectivity index (χ2v) is 6.17. The van der Waals surface area contributed by atoms with Gasteiger partial charge in [-0.05, 0) is 43.4 Å². The number of benzene rings is 1. The Kier molecular flexibility index (Phi) is 4.63. The molecular formula is C15H22BrN. The van der Waals surface area contributed by atoms with E-state index < -0.39 is 0 Å². The van der Waals surface area contributed by atoms with Crippen molar-refractivity contribution in [1.82, 2.24) is 5.32 Å². The van der Waals surface area contributed by atoms with Crippen molar-refractivity contribution in [2.24, 2.45) is 11.8 Å². The molecular weight excluding hydrogens is 274 g/mol. The average Bonchev–Trinajstić information content (AvgIpc) is 2.72. The number of hydrogen-bond donors (Lipinski definition) is 1. The van der Waals surface area contributed by atoms with Crippen LogP contribution in [0.5, 0.6) is 0 Å². The van der Waals surface area contributed by atoms with Gasteiger partial charge in [0, 0.05) is 10.5 Å². The van der Waals surface area contributed by atoms with E-state index in [0.29, 0.717) is 6.04 Å². The van der Waals surface area contributed by atoms with Crippen molar-refractivity contribution >= 4 is 15.9 Å². The molecule has 1 aliphatic rings. The molecule has 3 unspecified atom stereocenters. The van der Waals surface area contributed by atoms with Gasteiger partial charge in [0.15, 0.2) is 0 Å². The highest BCUT2D eigenvalue weighted by molar-refractivity contribution is 9.10. The molecule has 1 aromatic carbocycles. The Bertz CT molecular complexity index is 364. The molecule has 1 N–H and O–H groups in total. The molecule has 1 aromatic rings. The maximum atomic E-state index is 3.68. The quantitative estimate of drug-likeness (QED) is 0.860. The molecule has 3 atom stereocenters. The molecule has 1 aliphatic carbocycles. The molecule has 2 rings (SSSR count). The third-order valence-electron chi connectivity index (χ3n) is 4.10. The lowest BCUT2D eigenvalue weighted by atomic mass is 9.97. The summed E-state index contributed by atoms with van der Waals surface area (Å²) >= 11 is 3.62. The number of hydrogen-bond acceptors (Lipinski definition) is 1. The van der Waals surface area contributed by atoms with Gasteiger partial charge in [-0.25, -0.2) is 0 Å². The van der Waals surface area contributed by atoms with E-state index >= 15 is 0 Å². The van der Waals surface area contributed by atoms with E-state index in [1.807, 2.05) is 0 Å². The van der Waals surface area contributed by atoms with Gasteiger partial charge in [0.1, 0.15) is 0 Å². The van der Waals surface area contributed by atoms with E-state index in [0.717, 1.165) is 18.4 Å². The topological polar surface area (TPSA) is 12.0 Å². The number of rotatable bonds is 4. The van der Waals surface area contributed by atoms with Crippen LogP contribution in [-0.2, 0) is 0 Å². The van der Waals surface area contributed by atoms with Gasteiger partial charge in [-0.3, -0.25) is 0 Å². The van der Waals surface area contributed by atoms with E-state index in [9.17, 15) is 0 Å². The predicted octanol–water partition coefficient (Wildman–Crippen LogP) is 4.54. The molecule has 1 nitrogen and oxygen atoms in total. The minimum absolute atomic E-state index is 0.429. The summed E-state index contributed by atoms with van der Waals surface area (Å²) in [5.41, 5.74) is 1.36. The van der Waals surface area contributed by atoms with Gasteiger partial charge in [0.2, 0.25) is 0 Å². The van der Waals surface area contributed by atoms with E-state index in [1.54, 1.807) is 0 Å². The minimum Gasteiger partial charge on any atom is -0.310 e. The Hall–Kier alpha value is -0.340. The third kappa shape index (κ3) is 3.32. The molecule has 0 aromatic heterocycles. The first-order chi connectivity index (χ1) is 8.18. The summed E-state index contributed by atoms with van der Waals surface area (Å²) in [6.45, 7) is 5.80. The van der Waals surface area contributed by atoms with Gasteiger partial charge in [0.25, 0.3) is 0 Å². The number of nitrogens with one attached hydrogen (secondary N) is 1. The molecule has 94 valence electrons. The molecule has 17 heavy (non-hydrogen) atoms. The molecule has 0 radical (unpaired) electrons. The fraction of sp³-hybridized carbons (Fsp3) is 0.600. The molecule has 0 bridgehead atoms. The van der Waals surface area contributed by atoms with Crippen LogP contribution in [0, 0.1) is 11.8 Å². The highest BCUT2D eigenvalue weighted by Crippen LogP contribution is 2.31. The molecule has 1 fully saturated rings. The fourth-order valence-corrected chi connectivity index (χ4v) is 3.42. The van der Waals surface area contributed by atoms with Crippen LogP contribution in [0.3, 0.4) is 0 Å². The van der Waals surface area contributed by atoms with Crippen LogP contribution in [0.15, 0.2) is 28.7 Å². The largest absolute Gasteiger partial charge is 0.310 e. The standard InChI is InChI=1S/C15H22BrN/c1-11-6-5-7-13(11)10-17-12(2)14-8-3-4-9-15(14)16/h3-4,8-9,11-13,17H,5-7,10H2,1-2H3. The Morgan fingerprint density at radius 3 is 2.76 bits per heavy atom. The first-order valence-corrected chi connectivity index (χ1v) is 7.45. The van der Waals surface area contributed by atoms with E-state index in [1.165, 1.54) is 29.3 Å². The van der Waals surface area contributed by atoms with Crippen LogP contribution >= 0.6 is 15.9 Å². The average molecular weight is 296 g/mol. The molecule has 1 saturated carbocycles. The summed E-state index contributed by atoms with van der Waals surface area (Å²) in [4.78, 5) is 0. The zero-order valence-electron chi connectivity index (χ0n) is 10.7. The van der Waals surface area contributed by atoms with Crippen molar-refractivity contribution in [2.75, 3.05) is 6.54 Å². The van der Waals surface area contributed by atoms with E-state index in [4.69, 9.17) is 0 Å². The van der Waals surface area contributed by atoms with Gasteiger partial charge in [-0.1, -0.05) is 53.9 Å². The summed E-state index contributed by atoms with van der Waals surface area (Å²) in [6.07, 6.45) is 4.23. The van der Waals surface area contributed by atoms with Crippen molar-refractivity contribution in [3.05, 3.63) is 34.3 Å². The highest BCUT2D eigenvalue weighted by atomic mass is 79.9. The second kappa shape index (κ2) is 6.01. The Morgan fingerprint density at radius 2 is 2.12 bits per heavy atom. The molecule has 0 heterocycles. The Balaban J connectivity index is 1.89. The maximum absolute atomic E-state index is 3.68. The Morgan fingerprint density at radius 1 is 1.35 bits per heavy atom. The van der Waals surface area contributed by atoms with Crippen LogP contribution in [-0.4, -0.2) is 6.54 Å². The monoisotopic (exact) mass is 295 g/mol. The third-order valence-corrected chi connectivity index (χ3v) is 4.82. The SMILES string of the molecule is CC(NCC1CCCC1C)c1ccccc1Br. The summed E-state index contributed by atoms with van der Waals surface area (Å²) < 4.78 is 1.21. The zero-order valence-corrected chi connectivity index (χ0v) is 12.3. The van der Waals surface area contributed by atoms with Crippen molar-refractivity contribution < 1.29 is 0 Å². The molecule has 0 aliphatic heterocycles. The van der Waals surface area contributed by atoms with Gasteiger partial charge in [-0.15, -0.1) is 0 Å². The molecule has 0 spiro atoms. The number of halogens is 1. The van der Waals surface area contributed by atoms with Crippen LogP contribution in [0.4, 0.5) is 0 Å².